The summed E-state index contributed by atoms with van der Waals surface area (Å²) in [6, 6.07) is 2.47. The SMILES string of the molecule is O=C(O)c1cc(O)c2ccsc2c1F. The number of fused-ring (bicyclic) bond motifs is 1. The van der Waals surface area contributed by atoms with Crippen LogP contribution in [0.3, 0.4) is 0 Å². The van der Waals surface area contributed by atoms with Gasteiger partial charge in [0.25, 0.3) is 0 Å². The van der Waals surface area contributed by atoms with Crippen molar-refractivity contribution in [3.05, 3.63) is 28.9 Å². The molecule has 0 spiro atoms. The van der Waals surface area contributed by atoms with Crippen molar-refractivity contribution in [3.63, 3.8) is 0 Å². The van der Waals surface area contributed by atoms with E-state index >= 15 is 0 Å². The molecule has 3 nitrogen and oxygen atoms in total. The van der Waals surface area contributed by atoms with Gasteiger partial charge < -0.3 is 10.2 Å². The Morgan fingerprint density at radius 2 is 2.21 bits per heavy atom. The Bertz CT molecular complexity index is 518. The van der Waals surface area contributed by atoms with Crippen molar-refractivity contribution in [1.29, 1.82) is 0 Å². The zero-order valence-electron chi connectivity index (χ0n) is 6.82. The Hall–Kier alpha value is -1.62. The summed E-state index contributed by atoms with van der Waals surface area (Å²) in [6.07, 6.45) is 0. The average molecular weight is 212 g/mol. The quantitative estimate of drug-likeness (QED) is 0.763. The van der Waals surface area contributed by atoms with E-state index in [-0.39, 0.29) is 10.4 Å². The highest BCUT2D eigenvalue weighted by Gasteiger charge is 2.17. The number of phenolic OH excluding ortho intramolecular Hbond substituents is 1. The van der Waals surface area contributed by atoms with Crippen molar-refractivity contribution < 1.29 is 19.4 Å². The first-order valence-electron chi connectivity index (χ1n) is 3.73. The lowest BCUT2D eigenvalue weighted by Crippen LogP contribution is -1.99. The van der Waals surface area contributed by atoms with E-state index in [2.05, 4.69) is 0 Å². The van der Waals surface area contributed by atoms with Crippen LogP contribution < -0.4 is 0 Å². The summed E-state index contributed by atoms with van der Waals surface area (Å²) >= 11 is 1.06. The minimum absolute atomic E-state index is 0.169. The molecule has 72 valence electrons. The number of benzene rings is 1. The Morgan fingerprint density at radius 1 is 1.50 bits per heavy atom. The third-order valence-corrected chi connectivity index (χ3v) is 2.80. The number of rotatable bonds is 1. The molecule has 0 aliphatic heterocycles. The number of thiophene rings is 1. The van der Waals surface area contributed by atoms with E-state index in [1.54, 1.807) is 11.4 Å². The molecule has 0 bridgehead atoms. The molecule has 2 aromatic rings. The number of aromatic hydroxyl groups is 1. The van der Waals surface area contributed by atoms with Crippen molar-refractivity contribution in [2.75, 3.05) is 0 Å². The normalized spacial score (nSPS) is 10.6. The van der Waals surface area contributed by atoms with Gasteiger partial charge in [-0.3, -0.25) is 0 Å². The summed E-state index contributed by atoms with van der Waals surface area (Å²) in [5, 5.41) is 20.0. The molecular formula is C9H5FO3S. The highest BCUT2D eigenvalue weighted by atomic mass is 32.1. The predicted octanol–water partition coefficient (Wildman–Crippen LogP) is 2.44. The summed E-state index contributed by atoms with van der Waals surface area (Å²) < 4.78 is 13.6. The van der Waals surface area contributed by atoms with Crippen molar-refractivity contribution >= 4 is 27.4 Å². The number of carboxylic acid groups (broad SMARTS) is 1. The van der Waals surface area contributed by atoms with Gasteiger partial charge in [0.05, 0.1) is 4.70 Å². The minimum Gasteiger partial charge on any atom is -0.507 e. The lowest BCUT2D eigenvalue weighted by molar-refractivity contribution is 0.0692. The number of aromatic carboxylic acids is 1. The zero-order valence-corrected chi connectivity index (χ0v) is 7.64. The number of carbonyl (C=O) groups is 1. The van der Waals surface area contributed by atoms with E-state index in [1.807, 2.05) is 0 Å². The summed E-state index contributed by atoms with van der Waals surface area (Å²) in [6.45, 7) is 0. The smallest absolute Gasteiger partial charge is 0.338 e. The first kappa shape index (κ1) is 8.96. The van der Waals surface area contributed by atoms with Crippen molar-refractivity contribution in [1.82, 2.24) is 0 Å². The Kier molecular flexibility index (Phi) is 1.89. The van der Waals surface area contributed by atoms with Crippen molar-refractivity contribution in [2.24, 2.45) is 0 Å². The lowest BCUT2D eigenvalue weighted by Gasteiger charge is -2.00. The van der Waals surface area contributed by atoms with Gasteiger partial charge in [0.15, 0.2) is 5.82 Å². The van der Waals surface area contributed by atoms with E-state index in [0.29, 0.717) is 5.39 Å². The van der Waals surface area contributed by atoms with Crippen LogP contribution in [-0.2, 0) is 0 Å². The van der Waals surface area contributed by atoms with E-state index in [9.17, 15) is 14.3 Å². The van der Waals surface area contributed by atoms with Crippen LogP contribution in [0, 0.1) is 5.82 Å². The first-order chi connectivity index (χ1) is 6.61. The molecule has 0 atom stereocenters. The lowest BCUT2D eigenvalue weighted by atomic mass is 10.1. The van der Waals surface area contributed by atoms with Gasteiger partial charge in [-0.05, 0) is 17.5 Å². The highest BCUT2D eigenvalue weighted by Crippen LogP contribution is 2.33. The van der Waals surface area contributed by atoms with E-state index in [4.69, 9.17) is 5.11 Å². The Balaban J connectivity index is 2.88. The van der Waals surface area contributed by atoms with E-state index in [1.165, 1.54) is 0 Å². The molecule has 0 unspecified atom stereocenters. The second-order valence-corrected chi connectivity index (χ2v) is 3.64. The van der Waals surface area contributed by atoms with Crippen LogP contribution in [0.5, 0.6) is 5.75 Å². The van der Waals surface area contributed by atoms with Crippen molar-refractivity contribution in [3.8, 4) is 5.75 Å². The van der Waals surface area contributed by atoms with Gasteiger partial charge in [0.1, 0.15) is 11.3 Å². The van der Waals surface area contributed by atoms with Gasteiger partial charge in [0.2, 0.25) is 0 Å². The number of halogens is 1. The number of carboxylic acids is 1. The van der Waals surface area contributed by atoms with Crippen LogP contribution in [0.1, 0.15) is 10.4 Å². The summed E-state index contributed by atoms with van der Waals surface area (Å²) in [4.78, 5) is 10.6. The Morgan fingerprint density at radius 3 is 2.86 bits per heavy atom. The molecule has 5 heteroatoms. The largest absolute Gasteiger partial charge is 0.507 e. The van der Waals surface area contributed by atoms with Gasteiger partial charge in [-0.1, -0.05) is 0 Å². The molecule has 0 amide bonds. The number of hydrogen-bond acceptors (Lipinski definition) is 3. The standard InChI is InChI=1S/C9H5FO3S/c10-7-5(9(12)13)3-6(11)4-1-2-14-8(4)7/h1-3,11H,(H,12,13). The highest BCUT2D eigenvalue weighted by molar-refractivity contribution is 7.17. The number of hydrogen-bond donors (Lipinski definition) is 2. The van der Waals surface area contributed by atoms with Crippen LogP contribution in [0.2, 0.25) is 0 Å². The average Bonchev–Trinajstić information content (AvgIpc) is 2.59. The summed E-state index contributed by atoms with van der Waals surface area (Å²) in [7, 11) is 0. The maximum Gasteiger partial charge on any atom is 0.338 e. The van der Waals surface area contributed by atoms with Gasteiger partial charge in [0, 0.05) is 5.39 Å². The molecule has 1 aromatic heterocycles. The van der Waals surface area contributed by atoms with Crippen LogP contribution in [-0.4, -0.2) is 16.2 Å². The molecule has 0 aliphatic carbocycles. The van der Waals surface area contributed by atoms with E-state index < -0.39 is 17.3 Å². The van der Waals surface area contributed by atoms with Crippen LogP contribution in [0.25, 0.3) is 10.1 Å². The molecule has 0 saturated carbocycles. The molecule has 14 heavy (non-hydrogen) atoms. The maximum atomic E-state index is 13.5. The fourth-order valence-corrected chi connectivity index (χ4v) is 2.09. The summed E-state index contributed by atoms with van der Waals surface area (Å²) in [5.74, 6) is -2.38. The summed E-state index contributed by atoms with van der Waals surface area (Å²) in [5.41, 5.74) is -0.502. The minimum atomic E-state index is -1.38. The van der Waals surface area contributed by atoms with Gasteiger partial charge in [-0.15, -0.1) is 11.3 Å². The van der Waals surface area contributed by atoms with Crippen LogP contribution in [0.15, 0.2) is 17.5 Å². The third-order valence-electron chi connectivity index (χ3n) is 1.89. The predicted molar refractivity (Wildman–Crippen MR) is 50.4 cm³/mol. The second-order valence-electron chi connectivity index (χ2n) is 2.73. The van der Waals surface area contributed by atoms with Gasteiger partial charge in [-0.2, -0.15) is 0 Å². The molecule has 2 N–H and O–H groups in total. The molecule has 2 rings (SSSR count). The second kappa shape index (κ2) is 2.95. The first-order valence-corrected chi connectivity index (χ1v) is 4.61. The Labute approximate surface area is 82.0 Å². The van der Waals surface area contributed by atoms with Crippen LogP contribution in [0.4, 0.5) is 4.39 Å². The molecule has 0 fully saturated rings. The fourth-order valence-electron chi connectivity index (χ4n) is 1.24. The monoisotopic (exact) mass is 212 g/mol. The molecule has 0 radical (unpaired) electrons. The van der Waals surface area contributed by atoms with Crippen molar-refractivity contribution in [2.45, 2.75) is 0 Å². The molecule has 0 aliphatic rings. The topological polar surface area (TPSA) is 57.5 Å². The molecule has 0 saturated heterocycles. The molecular weight excluding hydrogens is 207 g/mol. The zero-order chi connectivity index (χ0) is 10.3. The number of phenols is 1. The molecule has 1 heterocycles. The third kappa shape index (κ3) is 1.13. The van der Waals surface area contributed by atoms with Gasteiger partial charge in [-0.25, -0.2) is 9.18 Å². The maximum absolute atomic E-state index is 13.5. The van der Waals surface area contributed by atoms with E-state index in [0.717, 1.165) is 17.4 Å². The fraction of sp³-hybridized carbons (Fsp3) is 0. The van der Waals surface area contributed by atoms with Crippen LogP contribution >= 0.6 is 11.3 Å². The van der Waals surface area contributed by atoms with Gasteiger partial charge >= 0.3 is 5.97 Å². The molecule has 1 aromatic carbocycles.